The second-order valence-corrected chi connectivity index (χ2v) is 5.30. The monoisotopic (exact) mass is 319 g/mol. The van der Waals surface area contributed by atoms with Gasteiger partial charge in [-0.1, -0.05) is 11.3 Å². The summed E-state index contributed by atoms with van der Waals surface area (Å²) in [5, 5.41) is 2.64. The molecule has 0 fully saturated rings. The molecule has 2 heterocycles. The van der Waals surface area contributed by atoms with Crippen molar-refractivity contribution in [1.82, 2.24) is 9.97 Å². The molecule has 0 bridgehead atoms. The second-order valence-electron chi connectivity index (χ2n) is 2.89. The molecule has 1 N–H and O–H groups in total. The minimum Gasteiger partial charge on any atom is -0.298 e. The molecule has 0 atom stereocenters. The molecule has 88 valence electrons. The zero-order valence-corrected chi connectivity index (χ0v) is 10.5. The summed E-state index contributed by atoms with van der Waals surface area (Å²) in [7, 11) is 0. The Morgan fingerprint density at radius 3 is 2.82 bits per heavy atom. The van der Waals surface area contributed by atoms with Crippen molar-refractivity contribution in [3.63, 3.8) is 0 Å². The van der Waals surface area contributed by atoms with Crippen LogP contribution in [0.25, 0.3) is 0 Å². The SMILES string of the molecule is O=C(Nc1ncc(Br)s1)c1ccnc(F)c1F. The van der Waals surface area contributed by atoms with E-state index in [2.05, 4.69) is 31.2 Å². The van der Waals surface area contributed by atoms with Crippen LogP contribution in [0.5, 0.6) is 0 Å². The van der Waals surface area contributed by atoms with Crippen molar-refractivity contribution < 1.29 is 13.6 Å². The maximum atomic E-state index is 13.2. The standard InChI is InChI=1S/C9H4BrF2N3OS/c10-5-3-14-9(17-5)15-8(16)4-1-2-13-7(12)6(4)11/h1-3H,(H,14,15,16). The molecule has 1 amide bonds. The van der Waals surface area contributed by atoms with Crippen LogP contribution in [-0.2, 0) is 0 Å². The van der Waals surface area contributed by atoms with E-state index in [1.54, 1.807) is 0 Å². The number of halogens is 3. The van der Waals surface area contributed by atoms with Gasteiger partial charge in [0.15, 0.2) is 10.9 Å². The van der Waals surface area contributed by atoms with Gasteiger partial charge in [-0.05, 0) is 22.0 Å². The lowest BCUT2D eigenvalue weighted by Crippen LogP contribution is -2.14. The van der Waals surface area contributed by atoms with Crippen LogP contribution in [0.2, 0.25) is 0 Å². The number of anilines is 1. The van der Waals surface area contributed by atoms with Gasteiger partial charge < -0.3 is 0 Å². The van der Waals surface area contributed by atoms with Crippen molar-refractivity contribution in [2.75, 3.05) is 5.32 Å². The first-order chi connectivity index (χ1) is 8.08. The molecule has 8 heteroatoms. The van der Waals surface area contributed by atoms with Gasteiger partial charge in [0.05, 0.1) is 15.5 Å². The molecule has 0 aliphatic rings. The molecule has 2 aromatic heterocycles. The van der Waals surface area contributed by atoms with E-state index in [0.29, 0.717) is 8.92 Å². The van der Waals surface area contributed by atoms with E-state index in [4.69, 9.17) is 0 Å². The van der Waals surface area contributed by atoms with Crippen molar-refractivity contribution >= 4 is 38.3 Å². The molecular weight excluding hydrogens is 316 g/mol. The zero-order valence-electron chi connectivity index (χ0n) is 8.08. The summed E-state index contributed by atoms with van der Waals surface area (Å²) in [6, 6.07) is 1.09. The Kier molecular flexibility index (Phi) is 3.43. The van der Waals surface area contributed by atoms with E-state index in [0.717, 1.165) is 23.6 Å². The highest BCUT2D eigenvalue weighted by Crippen LogP contribution is 2.23. The van der Waals surface area contributed by atoms with E-state index in [9.17, 15) is 13.6 Å². The molecule has 0 aromatic carbocycles. The molecule has 4 nitrogen and oxygen atoms in total. The van der Waals surface area contributed by atoms with Crippen molar-refractivity contribution in [2.24, 2.45) is 0 Å². The first kappa shape index (κ1) is 12.1. The Labute approximate surface area is 107 Å². The Morgan fingerprint density at radius 2 is 2.18 bits per heavy atom. The van der Waals surface area contributed by atoms with E-state index in [-0.39, 0.29) is 0 Å². The van der Waals surface area contributed by atoms with E-state index in [1.807, 2.05) is 0 Å². The van der Waals surface area contributed by atoms with E-state index < -0.39 is 23.2 Å². The molecular formula is C9H4BrF2N3OS. The topological polar surface area (TPSA) is 54.9 Å². The number of aromatic nitrogens is 2. The highest BCUT2D eigenvalue weighted by molar-refractivity contribution is 9.11. The van der Waals surface area contributed by atoms with Crippen LogP contribution in [0.1, 0.15) is 10.4 Å². The summed E-state index contributed by atoms with van der Waals surface area (Å²) in [5.74, 6) is -3.36. The van der Waals surface area contributed by atoms with Crippen molar-refractivity contribution in [3.8, 4) is 0 Å². The summed E-state index contributed by atoms with van der Waals surface area (Å²) in [6.45, 7) is 0. The van der Waals surface area contributed by atoms with Gasteiger partial charge in [-0.3, -0.25) is 10.1 Å². The van der Waals surface area contributed by atoms with Crippen molar-refractivity contribution in [3.05, 3.63) is 39.6 Å². The number of thiazole rings is 1. The minimum absolute atomic E-state index is 0.290. The number of carbonyl (C=O) groups excluding carboxylic acids is 1. The zero-order chi connectivity index (χ0) is 12.4. The Balaban J connectivity index is 2.23. The minimum atomic E-state index is -1.31. The normalized spacial score (nSPS) is 10.3. The van der Waals surface area contributed by atoms with Crippen molar-refractivity contribution in [1.29, 1.82) is 0 Å². The number of hydrogen-bond acceptors (Lipinski definition) is 4. The lowest BCUT2D eigenvalue weighted by molar-refractivity contribution is 0.102. The van der Waals surface area contributed by atoms with Gasteiger partial charge in [0.1, 0.15) is 0 Å². The quantitative estimate of drug-likeness (QED) is 0.866. The molecule has 2 rings (SSSR count). The molecule has 0 radical (unpaired) electrons. The van der Waals surface area contributed by atoms with Gasteiger partial charge in [-0.2, -0.15) is 4.39 Å². The van der Waals surface area contributed by atoms with Gasteiger partial charge in [0.25, 0.3) is 5.91 Å². The largest absolute Gasteiger partial charge is 0.298 e. The first-order valence-electron chi connectivity index (χ1n) is 4.30. The lowest BCUT2D eigenvalue weighted by atomic mass is 10.2. The lowest BCUT2D eigenvalue weighted by Gasteiger charge is -2.02. The van der Waals surface area contributed by atoms with Gasteiger partial charge in [-0.15, -0.1) is 0 Å². The van der Waals surface area contributed by atoms with E-state index >= 15 is 0 Å². The summed E-state index contributed by atoms with van der Waals surface area (Å²) >= 11 is 4.33. The molecule has 0 unspecified atom stereocenters. The van der Waals surface area contributed by atoms with Crippen LogP contribution in [0.4, 0.5) is 13.9 Å². The third-order valence-electron chi connectivity index (χ3n) is 1.79. The number of carbonyl (C=O) groups is 1. The fraction of sp³-hybridized carbons (Fsp3) is 0. The first-order valence-corrected chi connectivity index (χ1v) is 5.91. The molecule has 0 saturated heterocycles. The molecule has 0 aliphatic heterocycles. The smallest absolute Gasteiger partial charge is 0.260 e. The predicted octanol–water partition coefficient (Wildman–Crippen LogP) is 2.83. The van der Waals surface area contributed by atoms with Crippen LogP contribution in [0.3, 0.4) is 0 Å². The van der Waals surface area contributed by atoms with Crippen LogP contribution < -0.4 is 5.32 Å². The van der Waals surface area contributed by atoms with Gasteiger partial charge in [0, 0.05) is 6.20 Å². The van der Waals surface area contributed by atoms with Crippen LogP contribution in [0, 0.1) is 11.8 Å². The number of nitrogens with zero attached hydrogens (tertiary/aromatic N) is 2. The molecule has 17 heavy (non-hydrogen) atoms. The average molecular weight is 320 g/mol. The maximum Gasteiger partial charge on any atom is 0.260 e. The maximum absolute atomic E-state index is 13.2. The number of pyridine rings is 1. The summed E-state index contributed by atoms with van der Waals surface area (Å²) in [5.41, 5.74) is -0.413. The average Bonchev–Trinajstić information content (AvgIpc) is 2.68. The van der Waals surface area contributed by atoms with Gasteiger partial charge in [-0.25, -0.2) is 14.4 Å². The second kappa shape index (κ2) is 4.84. The third kappa shape index (κ3) is 2.64. The molecule has 0 saturated carbocycles. The van der Waals surface area contributed by atoms with Gasteiger partial charge >= 0.3 is 0 Å². The Morgan fingerprint density at radius 1 is 1.41 bits per heavy atom. The van der Waals surface area contributed by atoms with E-state index in [1.165, 1.54) is 6.20 Å². The highest BCUT2D eigenvalue weighted by Gasteiger charge is 2.17. The number of rotatable bonds is 2. The van der Waals surface area contributed by atoms with Crippen LogP contribution in [-0.4, -0.2) is 15.9 Å². The molecule has 0 spiro atoms. The number of nitrogens with one attached hydrogen (secondary N) is 1. The number of hydrogen-bond donors (Lipinski definition) is 1. The summed E-state index contributed by atoms with van der Waals surface area (Å²) in [4.78, 5) is 18.5. The Bertz CT molecular complexity index is 575. The fourth-order valence-corrected chi connectivity index (χ4v) is 2.17. The highest BCUT2D eigenvalue weighted by atomic mass is 79.9. The van der Waals surface area contributed by atoms with Gasteiger partial charge in [0.2, 0.25) is 5.95 Å². The number of amides is 1. The molecule has 0 aliphatic carbocycles. The molecule has 2 aromatic rings. The summed E-state index contributed by atoms with van der Waals surface area (Å²) < 4.78 is 26.7. The van der Waals surface area contributed by atoms with Crippen LogP contribution in [0.15, 0.2) is 22.2 Å². The van der Waals surface area contributed by atoms with Crippen LogP contribution >= 0.6 is 27.3 Å². The summed E-state index contributed by atoms with van der Waals surface area (Å²) in [6.07, 6.45) is 2.51. The fourth-order valence-electron chi connectivity index (χ4n) is 1.07. The third-order valence-corrected chi connectivity index (χ3v) is 3.18. The van der Waals surface area contributed by atoms with Crippen molar-refractivity contribution in [2.45, 2.75) is 0 Å². The predicted molar refractivity (Wildman–Crippen MR) is 61.9 cm³/mol. The Hall–Kier alpha value is -1.41.